The molecule has 1 amide bonds. The summed E-state index contributed by atoms with van der Waals surface area (Å²) < 4.78 is 0. The van der Waals surface area contributed by atoms with Crippen LogP contribution < -0.4 is 5.32 Å². The molecule has 0 spiro atoms. The molecule has 0 bridgehead atoms. The summed E-state index contributed by atoms with van der Waals surface area (Å²) in [6.45, 7) is 4.33. The second-order valence-electron chi connectivity index (χ2n) is 20.4. The van der Waals surface area contributed by atoms with Crippen molar-refractivity contribution in [3.8, 4) is 0 Å². The number of unbranched alkanes of at least 4 members (excludes halogenated alkanes) is 44. The number of hydrogen-bond donors (Lipinski definition) is 3. The van der Waals surface area contributed by atoms with Gasteiger partial charge in [0.1, 0.15) is 0 Å². The fourth-order valence-electron chi connectivity index (χ4n) is 9.33. The quantitative estimate of drug-likeness (QED) is 0.0421. The molecule has 0 heterocycles. The Balaban J connectivity index is 3.47. The summed E-state index contributed by atoms with van der Waals surface area (Å²) in [5.74, 6) is -0.0714. The number of amides is 1. The third-order valence-electron chi connectivity index (χ3n) is 13.9. The maximum Gasteiger partial charge on any atom is 0.220 e. The summed E-state index contributed by atoms with van der Waals surface area (Å²) >= 11 is 0. The van der Waals surface area contributed by atoms with Gasteiger partial charge in [0, 0.05) is 6.42 Å². The molecule has 0 rings (SSSR count). The van der Waals surface area contributed by atoms with Gasteiger partial charge in [-0.05, 0) is 44.9 Å². The second-order valence-corrected chi connectivity index (χ2v) is 20.4. The van der Waals surface area contributed by atoms with Crippen molar-refractivity contribution in [3.05, 3.63) is 36.5 Å². The molecule has 0 fully saturated rings. The van der Waals surface area contributed by atoms with Gasteiger partial charge >= 0.3 is 0 Å². The van der Waals surface area contributed by atoms with Gasteiger partial charge in [-0.15, -0.1) is 0 Å². The Bertz CT molecular complexity index is 989. The molecule has 0 aromatic carbocycles. The number of aliphatic hydroxyl groups excluding tert-OH is 2. The van der Waals surface area contributed by atoms with Crippen LogP contribution in [0.3, 0.4) is 0 Å². The first-order chi connectivity index (χ1) is 32.2. The van der Waals surface area contributed by atoms with E-state index < -0.39 is 12.1 Å². The van der Waals surface area contributed by atoms with Gasteiger partial charge in [0.25, 0.3) is 0 Å². The van der Waals surface area contributed by atoms with Crippen LogP contribution >= 0.6 is 0 Å². The molecular weight excluding hydrogens is 795 g/mol. The minimum atomic E-state index is -0.869. The van der Waals surface area contributed by atoms with Crippen molar-refractivity contribution in [1.29, 1.82) is 0 Å². The highest BCUT2D eigenvalue weighted by Crippen LogP contribution is 2.18. The normalized spacial score (nSPS) is 13.0. The van der Waals surface area contributed by atoms with Gasteiger partial charge in [-0.2, -0.15) is 0 Å². The molecule has 0 aromatic rings. The van der Waals surface area contributed by atoms with Crippen molar-refractivity contribution >= 4 is 5.91 Å². The molecular formula is C61H117NO3. The molecule has 0 radical (unpaired) electrons. The molecule has 0 saturated heterocycles. The molecule has 2 atom stereocenters. The van der Waals surface area contributed by atoms with E-state index in [0.717, 1.165) is 38.5 Å². The second kappa shape index (κ2) is 56.9. The fourth-order valence-corrected chi connectivity index (χ4v) is 9.33. The van der Waals surface area contributed by atoms with Crippen LogP contribution in [0.5, 0.6) is 0 Å². The molecule has 4 heteroatoms. The Hall–Kier alpha value is -1.39. The lowest BCUT2D eigenvalue weighted by Crippen LogP contribution is -2.45. The molecule has 0 saturated carbocycles. The molecule has 0 aliphatic heterocycles. The summed E-state index contributed by atoms with van der Waals surface area (Å²) in [5, 5.41) is 23.1. The van der Waals surface area contributed by atoms with Crippen LogP contribution in [-0.2, 0) is 4.79 Å². The molecule has 384 valence electrons. The number of hydrogen-bond acceptors (Lipinski definition) is 3. The van der Waals surface area contributed by atoms with Crippen LogP contribution in [0.1, 0.15) is 328 Å². The highest BCUT2D eigenvalue weighted by molar-refractivity contribution is 5.76. The maximum atomic E-state index is 12.5. The van der Waals surface area contributed by atoms with E-state index in [1.54, 1.807) is 6.08 Å². The first-order valence-electron chi connectivity index (χ1n) is 29.7. The van der Waals surface area contributed by atoms with Gasteiger partial charge in [0.15, 0.2) is 0 Å². The summed E-state index contributed by atoms with van der Waals surface area (Å²) in [6.07, 6.45) is 77.6. The highest BCUT2D eigenvalue weighted by Gasteiger charge is 2.18. The largest absolute Gasteiger partial charge is 0.394 e. The number of nitrogens with one attached hydrogen (secondary N) is 1. The lowest BCUT2D eigenvalue weighted by molar-refractivity contribution is -0.123. The van der Waals surface area contributed by atoms with Crippen molar-refractivity contribution in [2.75, 3.05) is 6.61 Å². The third-order valence-corrected chi connectivity index (χ3v) is 13.9. The van der Waals surface area contributed by atoms with Gasteiger partial charge in [0.05, 0.1) is 18.8 Å². The topological polar surface area (TPSA) is 69.6 Å². The van der Waals surface area contributed by atoms with E-state index in [4.69, 9.17) is 0 Å². The fraction of sp³-hybridized carbons (Fsp3) is 0.885. The van der Waals surface area contributed by atoms with Crippen LogP contribution in [0.4, 0.5) is 0 Å². The molecule has 2 unspecified atom stereocenters. The Kier molecular flexibility index (Phi) is 55.7. The van der Waals surface area contributed by atoms with E-state index in [-0.39, 0.29) is 12.5 Å². The minimum Gasteiger partial charge on any atom is -0.394 e. The molecule has 0 aromatic heterocycles. The van der Waals surface area contributed by atoms with Crippen LogP contribution in [0.2, 0.25) is 0 Å². The van der Waals surface area contributed by atoms with E-state index in [1.165, 1.54) is 270 Å². The van der Waals surface area contributed by atoms with Gasteiger partial charge in [-0.1, -0.05) is 314 Å². The molecule has 3 N–H and O–H groups in total. The maximum absolute atomic E-state index is 12.5. The monoisotopic (exact) mass is 912 g/mol. The Morgan fingerprint density at radius 1 is 0.354 bits per heavy atom. The SMILES string of the molecule is CCCCCCCCCCCCC/C=C/CC/C=C/CC/C=C/C(O)C(CO)NC(=O)CCCCCCCCCCCCCCCCCCCCCCCCCCCCCCCCCC. The number of allylic oxidation sites excluding steroid dienone is 5. The average molecular weight is 913 g/mol. The van der Waals surface area contributed by atoms with E-state index >= 15 is 0 Å². The zero-order chi connectivity index (χ0) is 47.0. The van der Waals surface area contributed by atoms with Crippen LogP contribution in [0.15, 0.2) is 36.5 Å². The van der Waals surface area contributed by atoms with Crippen LogP contribution in [0, 0.1) is 0 Å². The van der Waals surface area contributed by atoms with Crippen LogP contribution in [0.25, 0.3) is 0 Å². The predicted molar refractivity (Wildman–Crippen MR) is 290 cm³/mol. The van der Waals surface area contributed by atoms with Gasteiger partial charge in [-0.3, -0.25) is 4.79 Å². The zero-order valence-corrected chi connectivity index (χ0v) is 44.3. The number of aliphatic hydroxyl groups is 2. The molecule has 4 nitrogen and oxygen atoms in total. The first-order valence-corrected chi connectivity index (χ1v) is 29.7. The third kappa shape index (κ3) is 53.4. The van der Waals surface area contributed by atoms with Crippen molar-refractivity contribution in [2.24, 2.45) is 0 Å². The summed E-state index contributed by atoms with van der Waals surface area (Å²) in [5.41, 5.74) is 0. The van der Waals surface area contributed by atoms with Gasteiger partial charge in [0.2, 0.25) is 5.91 Å². The molecule has 0 aliphatic carbocycles. The van der Waals surface area contributed by atoms with Crippen LogP contribution in [-0.4, -0.2) is 34.9 Å². The lowest BCUT2D eigenvalue weighted by Gasteiger charge is -2.19. The Labute approximate surface area is 408 Å². The number of rotatable bonds is 55. The Morgan fingerprint density at radius 3 is 0.892 bits per heavy atom. The highest BCUT2D eigenvalue weighted by atomic mass is 16.3. The minimum absolute atomic E-state index is 0.0714. The number of carbonyl (C=O) groups is 1. The average Bonchev–Trinajstić information content (AvgIpc) is 3.31. The Morgan fingerprint density at radius 2 is 0.600 bits per heavy atom. The first kappa shape index (κ1) is 63.6. The zero-order valence-electron chi connectivity index (χ0n) is 44.3. The van der Waals surface area contributed by atoms with E-state index in [0.29, 0.717) is 6.42 Å². The lowest BCUT2D eigenvalue weighted by atomic mass is 10.0. The van der Waals surface area contributed by atoms with Crippen molar-refractivity contribution in [3.63, 3.8) is 0 Å². The summed E-state index contributed by atoms with van der Waals surface area (Å²) in [6, 6.07) is -0.644. The van der Waals surface area contributed by atoms with Crippen molar-refractivity contribution < 1.29 is 15.0 Å². The van der Waals surface area contributed by atoms with Crippen molar-refractivity contribution in [2.45, 2.75) is 341 Å². The number of carbonyl (C=O) groups excluding carboxylic acids is 1. The van der Waals surface area contributed by atoms with Gasteiger partial charge in [-0.25, -0.2) is 0 Å². The molecule has 0 aliphatic rings. The summed E-state index contributed by atoms with van der Waals surface area (Å²) in [7, 11) is 0. The smallest absolute Gasteiger partial charge is 0.220 e. The standard InChI is InChI=1S/C61H117NO3/c1-3-5-7-9-11-13-15-17-19-21-23-25-26-27-28-29-30-31-32-33-34-35-37-39-41-43-45-47-49-51-53-55-57-61(65)62-59(58-63)60(64)56-54-52-50-48-46-44-42-40-38-36-24-22-20-18-16-14-12-10-8-6-4-2/h38,40,46,48,54,56,59-60,63-64H,3-37,39,41-45,47,49-53,55,57-58H2,1-2H3,(H,62,65)/b40-38+,48-46+,56-54+. The predicted octanol–water partition coefficient (Wildman–Crippen LogP) is 19.6. The van der Waals surface area contributed by atoms with E-state index in [9.17, 15) is 15.0 Å². The van der Waals surface area contributed by atoms with Gasteiger partial charge < -0.3 is 15.5 Å². The van der Waals surface area contributed by atoms with E-state index in [2.05, 4.69) is 43.5 Å². The van der Waals surface area contributed by atoms with E-state index in [1.807, 2.05) is 6.08 Å². The van der Waals surface area contributed by atoms with Crippen molar-refractivity contribution in [1.82, 2.24) is 5.32 Å². The summed E-state index contributed by atoms with van der Waals surface area (Å²) in [4.78, 5) is 12.5. The molecule has 65 heavy (non-hydrogen) atoms.